The van der Waals surface area contributed by atoms with Crippen LogP contribution in [0.15, 0.2) is 35.4 Å². The number of rotatable bonds is 3. The van der Waals surface area contributed by atoms with Crippen molar-refractivity contribution in [2.75, 3.05) is 6.16 Å². The second kappa shape index (κ2) is 9.53. The van der Waals surface area contributed by atoms with Crippen molar-refractivity contribution in [3.63, 3.8) is 0 Å². The zero-order valence-corrected chi connectivity index (χ0v) is 22.1. The fraction of sp³-hybridized carbons (Fsp3) is 0.739. The van der Waals surface area contributed by atoms with Gasteiger partial charge >= 0.3 is 18.9 Å². The largest absolute Gasteiger partial charge is 1.00 e. The SMILES string of the molecule is CC(C)(C)P(/C=C1\C=CC=C(CP(C(C)(C)C)C(C)(C)C)[N-]1)C(C)(C)C.[Li+]. The van der Waals surface area contributed by atoms with Crippen LogP contribution >= 0.6 is 15.8 Å². The van der Waals surface area contributed by atoms with Crippen LogP contribution in [0.4, 0.5) is 0 Å². The Hall–Kier alpha value is 0.477. The average molecular weight is 401 g/mol. The van der Waals surface area contributed by atoms with Crippen LogP contribution in [0.25, 0.3) is 5.32 Å². The summed E-state index contributed by atoms with van der Waals surface area (Å²) in [6, 6.07) is 0. The number of hydrogen-bond donors (Lipinski definition) is 0. The summed E-state index contributed by atoms with van der Waals surface area (Å²) in [5, 5.41) is 6.32. The van der Waals surface area contributed by atoms with Gasteiger partial charge in [-0.15, -0.1) is 5.70 Å². The molecule has 0 saturated heterocycles. The molecule has 1 heterocycles. The molecular weight excluding hydrogens is 359 g/mol. The molecule has 1 aliphatic rings. The molecule has 0 unspecified atom stereocenters. The first-order chi connectivity index (χ1) is 11.4. The molecule has 1 nitrogen and oxygen atoms in total. The maximum atomic E-state index is 5.08. The maximum Gasteiger partial charge on any atom is 1.00 e. The Morgan fingerprint density at radius 3 is 1.59 bits per heavy atom. The molecule has 0 spiro atoms. The first-order valence-electron chi connectivity index (χ1n) is 9.80. The van der Waals surface area contributed by atoms with E-state index in [4.69, 9.17) is 5.32 Å². The van der Waals surface area contributed by atoms with E-state index in [1.807, 2.05) is 0 Å². The van der Waals surface area contributed by atoms with E-state index in [9.17, 15) is 0 Å². The monoisotopic (exact) mass is 401 g/mol. The van der Waals surface area contributed by atoms with E-state index in [1.165, 1.54) is 5.70 Å². The quantitative estimate of drug-likeness (QED) is 0.418. The Morgan fingerprint density at radius 2 is 1.22 bits per heavy atom. The topological polar surface area (TPSA) is 14.1 Å². The molecule has 0 aromatic carbocycles. The first kappa shape index (κ1) is 27.5. The summed E-state index contributed by atoms with van der Waals surface area (Å²) in [6.07, 6.45) is 7.71. The molecule has 150 valence electrons. The van der Waals surface area contributed by atoms with Gasteiger partial charge in [-0.25, -0.2) is 0 Å². The van der Waals surface area contributed by atoms with E-state index in [0.717, 1.165) is 11.9 Å². The predicted molar refractivity (Wildman–Crippen MR) is 126 cm³/mol. The van der Waals surface area contributed by atoms with Crippen LogP contribution in [-0.2, 0) is 0 Å². The summed E-state index contributed by atoms with van der Waals surface area (Å²) in [5.41, 5.74) is 2.42. The normalized spacial score (nSPS) is 17.9. The number of hydrogen-bond acceptors (Lipinski definition) is 0. The molecular formula is C23H42LiNP2. The van der Waals surface area contributed by atoms with Crippen molar-refractivity contribution in [3.8, 4) is 0 Å². The van der Waals surface area contributed by atoms with Crippen molar-refractivity contribution in [1.29, 1.82) is 0 Å². The van der Waals surface area contributed by atoms with Crippen molar-refractivity contribution >= 4 is 15.8 Å². The van der Waals surface area contributed by atoms with Gasteiger partial charge in [0.1, 0.15) is 0 Å². The van der Waals surface area contributed by atoms with Gasteiger partial charge in [0.05, 0.1) is 0 Å². The van der Waals surface area contributed by atoms with E-state index < -0.39 is 0 Å². The van der Waals surface area contributed by atoms with E-state index in [-0.39, 0.29) is 45.0 Å². The molecule has 0 radical (unpaired) electrons. The van der Waals surface area contributed by atoms with Gasteiger partial charge in [0, 0.05) is 0 Å². The van der Waals surface area contributed by atoms with Crippen molar-refractivity contribution in [1.82, 2.24) is 0 Å². The summed E-state index contributed by atoms with van der Waals surface area (Å²) < 4.78 is 0. The van der Waals surface area contributed by atoms with Gasteiger partial charge < -0.3 is 5.32 Å². The molecule has 0 bridgehead atoms. The minimum absolute atomic E-state index is 0. The Bertz CT molecular complexity index is 547. The Balaban J connectivity index is 0.00000676. The number of nitrogens with zero attached hydrogens (tertiary/aromatic N) is 1. The van der Waals surface area contributed by atoms with Crippen LogP contribution in [0.3, 0.4) is 0 Å². The smallest absolute Gasteiger partial charge is 0.661 e. The second-order valence-electron chi connectivity index (χ2n) is 11.3. The Labute approximate surface area is 185 Å². The third-order valence-corrected chi connectivity index (χ3v) is 11.8. The Morgan fingerprint density at radius 1 is 0.778 bits per heavy atom. The molecule has 0 aromatic heterocycles. The zero-order chi connectivity index (χ0) is 20.6. The van der Waals surface area contributed by atoms with Gasteiger partial charge in [-0.1, -0.05) is 123 Å². The van der Waals surface area contributed by atoms with Crippen LogP contribution in [0.2, 0.25) is 0 Å². The summed E-state index contributed by atoms with van der Waals surface area (Å²) >= 11 is 0. The van der Waals surface area contributed by atoms with E-state index >= 15 is 0 Å². The fourth-order valence-electron chi connectivity index (χ4n) is 3.83. The molecule has 0 fully saturated rings. The molecule has 1 rings (SSSR count). The van der Waals surface area contributed by atoms with Crippen molar-refractivity contribution < 1.29 is 18.9 Å². The molecule has 0 atom stereocenters. The van der Waals surface area contributed by atoms with E-state index in [1.54, 1.807) is 0 Å². The van der Waals surface area contributed by atoms with Gasteiger partial charge in [-0.2, -0.15) is 5.70 Å². The zero-order valence-electron chi connectivity index (χ0n) is 20.4. The van der Waals surface area contributed by atoms with Gasteiger partial charge in [-0.3, -0.25) is 0 Å². The maximum absolute atomic E-state index is 5.08. The molecule has 0 N–H and O–H groups in total. The van der Waals surface area contributed by atoms with Gasteiger partial charge in [-0.05, 0) is 26.8 Å². The molecule has 4 heteroatoms. The van der Waals surface area contributed by atoms with E-state index in [2.05, 4.69) is 107 Å². The van der Waals surface area contributed by atoms with Crippen molar-refractivity contribution in [2.24, 2.45) is 0 Å². The molecule has 0 aromatic rings. The second-order valence-corrected chi connectivity index (χ2v) is 18.9. The molecule has 0 amide bonds. The molecule has 1 aliphatic heterocycles. The summed E-state index contributed by atoms with van der Waals surface area (Å²) in [4.78, 5) is 0. The van der Waals surface area contributed by atoms with Crippen LogP contribution in [0, 0.1) is 0 Å². The van der Waals surface area contributed by atoms with Crippen LogP contribution in [0.1, 0.15) is 83.1 Å². The number of allylic oxidation sites excluding steroid dienone is 4. The standard InChI is InChI=1S/C23H42NP2.Li/c1-20(2,3)25(21(4,5)6)16-18-14-13-15-19(24-18)17-26(22(7,8)9)23(10,11)12;/h13-16H,17H2,1-12H3;/q-1;+1/b18-16+;. The first-order valence-corrected chi connectivity index (χ1v) is 12.7. The minimum Gasteiger partial charge on any atom is -0.661 e. The molecule has 0 saturated carbocycles. The van der Waals surface area contributed by atoms with Crippen LogP contribution in [0.5, 0.6) is 0 Å². The fourth-order valence-corrected chi connectivity index (χ4v) is 10.5. The van der Waals surface area contributed by atoms with Crippen LogP contribution in [-0.4, -0.2) is 26.8 Å². The molecule has 0 aliphatic carbocycles. The third kappa shape index (κ3) is 8.79. The average Bonchev–Trinajstić information content (AvgIpc) is 2.37. The summed E-state index contributed by atoms with van der Waals surface area (Å²) in [5.74, 6) is 2.47. The van der Waals surface area contributed by atoms with Gasteiger partial charge in [0.15, 0.2) is 0 Å². The summed E-state index contributed by atoms with van der Waals surface area (Å²) in [7, 11) is -0.447. The Kier molecular flexibility index (Phi) is 9.69. The summed E-state index contributed by atoms with van der Waals surface area (Å²) in [6.45, 7) is 28.5. The third-order valence-electron chi connectivity index (χ3n) is 4.47. The minimum atomic E-state index is -0.279. The predicted octanol–water partition coefficient (Wildman–Crippen LogP) is 5.82. The van der Waals surface area contributed by atoms with Crippen molar-refractivity contribution in [3.05, 3.63) is 40.8 Å². The van der Waals surface area contributed by atoms with Crippen LogP contribution < -0.4 is 18.9 Å². The molecule has 27 heavy (non-hydrogen) atoms. The van der Waals surface area contributed by atoms with Gasteiger partial charge in [0.2, 0.25) is 0 Å². The van der Waals surface area contributed by atoms with Crippen molar-refractivity contribution in [2.45, 2.75) is 104 Å². The van der Waals surface area contributed by atoms with Gasteiger partial charge in [0.25, 0.3) is 0 Å². The van der Waals surface area contributed by atoms with E-state index in [0.29, 0.717) is 10.3 Å².